The molecule has 5 nitrogen and oxygen atoms in total. The van der Waals surface area contributed by atoms with E-state index < -0.39 is 12.1 Å². The Morgan fingerprint density at radius 1 is 1.07 bits per heavy atom. The third kappa shape index (κ3) is 3.78. The molecule has 2 aromatic rings. The molecule has 0 unspecified atom stereocenters. The largest absolute Gasteiger partial charge is 0.342 e. The van der Waals surface area contributed by atoms with Crippen molar-refractivity contribution in [2.75, 3.05) is 0 Å². The second kappa shape index (κ2) is 8.36. The van der Waals surface area contributed by atoms with Gasteiger partial charge in [0, 0.05) is 18.9 Å². The Hall–Kier alpha value is -2.69. The number of nitrogens with one attached hydrogen (secondary N) is 1. The molecule has 0 bridgehead atoms. The zero-order valence-corrected chi connectivity index (χ0v) is 17.2. The van der Waals surface area contributed by atoms with Gasteiger partial charge in [-0.1, -0.05) is 57.0 Å². The molecule has 0 spiro atoms. The topological polar surface area (TPSA) is 62.3 Å². The van der Waals surface area contributed by atoms with Crippen LogP contribution in [0.25, 0.3) is 0 Å². The van der Waals surface area contributed by atoms with Crippen molar-refractivity contribution in [3.63, 3.8) is 0 Å². The SMILES string of the molecule is CCC(CC)[C@@H]1C(=O)N[C@H](C2Cc3ccccc3C2)C(=O)N1Cc1cccnc1. The normalized spacial score (nSPS) is 22.1. The Balaban J connectivity index is 1.62. The minimum atomic E-state index is -0.461. The van der Waals surface area contributed by atoms with E-state index in [-0.39, 0.29) is 23.7 Å². The lowest BCUT2D eigenvalue weighted by Gasteiger charge is -2.43. The number of piperazine rings is 1. The van der Waals surface area contributed by atoms with Gasteiger partial charge < -0.3 is 10.2 Å². The number of carbonyl (C=O) groups is 2. The Kier molecular flexibility index (Phi) is 5.65. The van der Waals surface area contributed by atoms with Crippen LogP contribution in [-0.2, 0) is 29.0 Å². The standard InChI is InChI=1S/C24H29N3O2/c1-3-17(4-2)22-23(28)26-21(20-12-18-9-5-6-10-19(18)13-20)24(29)27(22)15-16-8-7-11-25-14-16/h5-11,14,17,20-22H,3-4,12-13,15H2,1-2H3,(H,26,28)/t21-,22-/m1/s1. The first-order chi connectivity index (χ1) is 14.1. The number of nitrogens with zero attached hydrogens (tertiary/aromatic N) is 2. The summed E-state index contributed by atoms with van der Waals surface area (Å²) in [5.41, 5.74) is 3.54. The van der Waals surface area contributed by atoms with Crippen LogP contribution in [0.4, 0.5) is 0 Å². The highest BCUT2D eigenvalue weighted by atomic mass is 16.2. The molecule has 1 saturated heterocycles. The summed E-state index contributed by atoms with van der Waals surface area (Å²) in [4.78, 5) is 32.9. The van der Waals surface area contributed by atoms with E-state index in [9.17, 15) is 9.59 Å². The van der Waals surface area contributed by atoms with Crippen molar-refractivity contribution in [3.05, 3.63) is 65.5 Å². The number of hydrogen-bond donors (Lipinski definition) is 1. The van der Waals surface area contributed by atoms with Gasteiger partial charge in [-0.15, -0.1) is 0 Å². The Morgan fingerprint density at radius 3 is 2.34 bits per heavy atom. The van der Waals surface area contributed by atoms with E-state index in [2.05, 4.69) is 36.3 Å². The Bertz CT molecular complexity index is 854. The summed E-state index contributed by atoms with van der Waals surface area (Å²) in [6.45, 7) is 4.61. The van der Waals surface area contributed by atoms with Crippen LogP contribution in [0.2, 0.25) is 0 Å². The minimum absolute atomic E-state index is 0.0110. The smallest absolute Gasteiger partial charge is 0.246 e. The van der Waals surface area contributed by atoms with Crippen LogP contribution in [0, 0.1) is 11.8 Å². The first kappa shape index (κ1) is 19.6. The summed E-state index contributed by atoms with van der Waals surface area (Å²) in [7, 11) is 0. The average Bonchev–Trinajstić information content (AvgIpc) is 3.18. The summed E-state index contributed by atoms with van der Waals surface area (Å²) < 4.78 is 0. The van der Waals surface area contributed by atoms with Crippen molar-refractivity contribution >= 4 is 11.8 Å². The number of aromatic nitrogens is 1. The first-order valence-electron chi connectivity index (χ1n) is 10.7. The number of carbonyl (C=O) groups excluding carboxylic acids is 2. The van der Waals surface area contributed by atoms with Crippen molar-refractivity contribution in [3.8, 4) is 0 Å². The summed E-state index contributed by atoms with van der Waals surface area (Å²) in [6.07, 6.45) is 6.91. The van der Waals surface area contributed by atoms with Crippen LogP contribution >= 0.6 is 0 Å². The molecular formula is C24H29N3O2. The number of amides is 2. The van der Waals surface area contributed by atoms with Crippen molar-refractivity contribution < 1.29 is 9.59 Å². The summed E-state index contributed by atoms with van der Waals surface area (Å²) in [6, 6.07) is 11.3. The first-order valence-corrected chi connectivity index (χ1v) is 10.7. The van der Waals surface area contributed by atoms with Gasteiger partial charge in [0.15, 0.2) is 0 Å². The maximum absolute atomic E-state index is 13.7. The maximum atomic E-state index is 13.7. The van der Waals surface area contributed by atoms with Crippen molar-refractivity contribution in [1.82, 2.24) is 15.2 Å². The van der Waals surface area contributed by atoms with Crippen molar-refractivity contribution in [2.24, 2.45) is 11.8 Å². The molecule has 4 rings (SSSR count). The van der Waals surface area contributed by atoms with Crippen LogP contribution < -0.4 is 5.32 Å². The van der Waals surface area contributed by atoms with Crippen LogP contribution in [0.3, 0.4) is 0 Å². The number of benzene rings is 1. The number of rotatable bonds is 6. The van der Waals surface area contributed by atoms with E-state index in [1.807, 2.05) is 29.2 Å². The van der Waals surface area contributed by atoms with Crippen LogP contribution in [0.5, 0.6) is 0 Å². The zero-order valence-electron chi connectivity index (χ0n) is 17.2. The molecule has 0 saturated carbocycles. The highest BCUT2D eigenvalue weighted by Gasteiger charge is 2.46. The van der Waals surface area contributed by atoms with Crippen molar-refractivity contribution in [2.45, 2.75) is 58.2 Å². The van der Waals surface area contributed by atoms with E-state index in [4.69, 9.17) is 0 Å². The molecule has 1 aromatic carbocycles. The van der Waals surface area contributed by atoms with Crippen molar-refractivity contribution in [1.29, 1.82) is 0 Å². The van der Waals surface area contributed by atoms with E-state index in [0.717, 1.165) is 31.2 Å². The predicted molar refractivity (Wildman–Crippen MR) is 112 cm³/mol. The molecule has 2 heterocycles. The average molecular weight is 392 g/mol. The fourth-order valence-corrected chi connectivity index (χ4v) is 4.97. The molecular weight excluding hydrogens is 362 g/mol. The Labute approximate surface area is 172 Å². The van der Waals surface area contributed by atoms with Gasteiger partial charge in [0.05, 0.1) is 0 Å². The number of hydrogen-bond acceptors (Lipinski definition) is 3. The molecule has 152 valence electrons. The summed E-state index contributed by atoms with van der Waals surface area (Å²) >= 11 is 0. The molecule has 1 aliphatic heterocycles. The predicted octanol–water partition coefficient (Wildman–Crippen LogP) is 3.13. The fraction of sp³-hybridized carbons (Fsp3) is 0.458. The molecule has 2 atom stereocenters. The molecule has 0 radical (unpaired) electrons. The number of fused-ring (bicyclic) bond motifs is 1. The number of pyridine rings is 1. The quantitative estimate of drug-likeness (QED) is 0.823. The van der Waals surface area contributed by atoms with Gasteiger partial charge in [0.25, 0.3) is 0 Å². The molecule has 29 heavy (non-hydrogen) atoms. The van der Waals surface area contributed by atoms with Crippen LogP contribution in [0.15, 0.2) is 48.8 Å². The molecule has 1 aliphatic carbocycles. The highest BCUT2D eigenvalue weighted by molar-refractivity contribution is 5.97. The second-order valence-electron chi connectivity index (χ2n) is 8.27. The molecule has 5 heteroatoms. The monoisotopic (exact) mass is 391 g/mol. The van der Waals surface area contributed by atoms with E-state index in [1.165, 1.54) is 11.1 Å². The van der Waals surface area contributed by atoms with Gasteiger partial charge in [0.2, 0.25) is 11.8 Å². The van der Waals surface area contributed by atoms with Gasteiger partial charge in [0.1, 0.15) is 12.1 Å². The Morgan fingerprint density at radius 2 is 1.76 bits per heavy atom. The van der Waals surface area contributed by atoms with E-state index in [0.29, 0.717) is 6.54 Å². The lowest BCUT2D eigenvalue weighted by Crippen LogP contribution is -2.66. The van der Waals surface area contributed by atoms with Gasteiger partial charge in [-0.2, -0.15) is 0 Å². The van der Waals surface area contributed by atoms with Gasteiger partial charge in [-0.05, 0) is 47.4 Å². The van der Waals surface area contributed by atoms with Crippen LogP contribution in [0.1, 0.15) is 43.4 Å². The molecule has 1 N–H and O–H groups in total. The lowest BCUT2D eigenvalue weighted by molar-refractivity contribution is -0.154. The zero-order chi connectivity index (χ0) is 20.4. The molecule has 1 fully saturated rings. The highest BCUT2D eigenvalue weighted by Crippen LogP contribution is 2.33. The third-order valence-electron chi connectivity index (χ3n) is 6.58. The lowest BCUT2D eigenvalue weighted by atomic mass is 9.86. The van der Waals surface area contributed by atoms with E-state index >= 15 is 0 Å². The van der Waals surface area contributed by atoms with Gasteiger partial charge in [-0.25, -0.2) is 0 Å². The van der Waals surface area contributed by atoms with Gasteiger partial charge >= 0.3 is 0 Å². The molecule has 1 aromatic heterocycles. The fourth-order valence-electron chi connectivity index (χ4n) is 4.97. The summed E-state index contributed by atoms with van der Waals surface area (Å²) in [5.74, 6) is 0.298. The second-order valence-corrected chi connectivity index (χ2v) is 8.27. The van der Waals surface area contributed by atoms with E-state index in [1.54, 1.807) is 12.4 Å². The molecule has 2 aliphatic rings. The third-order valence-corrected chi connectivity index (χ3v) is 6.58. The summed E-state index contributed by atoms with van der Waals surface area (Å²) in [5, 5.41) is 3.11. The minimum Gasteiger partial charge on any atom is -0.342 e. The van der Waals surface area contributed by atoms with Gasteiger partial charge in [-0.3, -0.25) is 14.6 Å². The molecule has 2 amide bonds. The van der Waals surface area contributed by atoms with Crippen LogP contribution in [-0.4, -0.2) is 33.8 Å². The maximum Gasteiger partial charge on any atom is 0.246 e.